The number of fused-ring (bicyclic) bond motifs is 1. The molecule has 0 aliphatic carbocycles. The molecule has 2 heterocycles. The molecule has 7 nitrogen and oxygen atoms in total. The van der Waals surface area contributed by atoms with Crippen molar-refractivity contribution in [2.75, 3.05) is 38.5 Å². The Bertz CT molecular complexity index is 1500. The van der Waals surface area contributed by atoms with Gasteiger partial charge in [0.25, 0.3) is 11.8 Å². The number of nitrogens with one attached hydrogen (secondary N) is 1. The minimum atomic E-state index is -0.315. The summed E-state index contributed by atoms with van der Waals surface area (Å²) in [6.07, 6.45) is 0. The number of anilines is 1. The van der Waals surface area contributed by atoms with E-state index < -0.39 is 0 Å². The quantitative estimate of drug-likeness (QED) is 0.351. The maximum atomic E-state index is 13.2. The molecule has 0 radical (unpaired) electrons. The van der Waals surface area contributed by atoms with Gasteiger partial charge in [0.1, 0.15) is 0 Å². The van der Waals surface area contributed by atoms with Crippen LogP contribution in [-0.2, 0) is 5.75 Å². The molecule has 1 aliphatic rings. The molecule has 9 heteroatoms. The summed E-state index contributed by atoms with van der Waals surface area (Å²) in [7, 11) is 2.04. The molecule has 0 spiro atoms. The lowest BCUT2D eigenvalue weighted by Crippen LogP contribution is -2.47. The van der Waals surface area contributed by atoms with E-state index in [0.29, 0.717) is 41.2 Å². The predicted molar refractivity (Wildman–Crippen MR) is 148 cm³/mol. The van der Waals surface area contributed by atoms with Crippen LogP contribution in [0.15, 0.2) is 71.1 Å². The third-order valence-electron chi connectivity index (χ3n) is 6.31. The standard InChI is InChI=1S/C28H25N5O2S2/c1-32-12-14-33(15-13-32)27(35)23-9-5-4-8-22(23)26(34)30-21-10-11-24-25(16-21)37-28(31-24)36-18-20-7-3-2-6-19(20)17-29/h2-11,16H,12-15,18H2,1H3,(H,30,34). The summed E-state index contributed by atoms with van der Waals surface area (Å²) >= 11 is 3.13. The van der Waals surface area contributed by atoms with Crippen molar-refractivity contribution in [3.63, 3.8) is 0 Å². The highest BCUT2D eigenvalue weighted by Crippen LogP contribution is 2.33. The van der Waals surface area contributed by atoms with Gasteiger partial charge in [-0.3, -0.25) is 9.59 Å². The van der Waals surface area contributed by atoms with Crippen LogP contribution in [0, 0.1) is 11.3 Å². The van der Waals surface area contributed by atoms with Gasteiger partial charge in [-0.2, -0.15) is 5.26 Å². The molecule has 1 aliphatic heterocycles. The van der Waals surface area contributed by atoms with Crippen molar-refractivity contribution in [1.29, 1.82) is 5.26 Å². The number of carbonyl (C=O) groups excluding carboxylic acids is 2. The monoisotopic (exact) mass is 527 g/mol. The topological polar surface area (TPSA) is 89.3 Å². The molecule has 37 heavy (non-hydrogen) atoms. The maximum Gasteiger partial charge on any atom is 0.256 e. The number of rotatable bonds is 6. The maximum absolute atomic E-state index is 13.2. The molecule has 0 bridgehead atoms. The van der Waals surface area contributed by atoms with Crippen molar-refractivity contribution in [1.82, 2.24) is 14.8 Å². The molecule has 5 rings (SSSR count). The summed E-state index contributed by atoms with van der Waals surface area (Å²) in [6.45, 7) is 2.94. The number of piperazine rings is 1. The number of amides is 2. The van der Waals surface area contributed by atoms with Gasteiger partial charge < -0.3 is 15.1 Å². The Labute approximate surface area is 223 Å². The van der Waals surface area contributed by atoms with Crippen molar-refractivity contribution in [3.05, 3.63) is 89.0 Å². The molecule has 0 unspecified atom stereocenters. The number of likely N-dealkylation sites (N-methyl/N-ethyl adjacent to an activating group) is 1. The molecular formula is C28H25N5O2S2. The van der Waals surface area contributed by atoms with Gasteiger partial charge in [-0.25, -0.2) is 4.98 Å². The van der Waals surface area contributed by atoms with Crippen LogP contribution in [0.3, 0.4) is 0 Å². The number of thiazole rings is 1. The first kappa shape index (κ1) is 25.0. The molecule has 186 valence electrons. The Kier molecular flexibility index (Phi) is 7.51. The minimum Gasteiger partial charge on any atom is -0.336 e. The first-order valence-electron chi connectivity index (χ1n) is 11.9. The van der Waals surface area contributed by atoms with Gasteiger partial charge in [-0.15, -0.1) is 11.3 Å². The lowest BCUT2D eigenvalue weighted by Gasteiger charge is -2.32. The van der Waals surface area contributed by atoms with Crippen LogP contribution in [0.25, 0.3) is 10.2 Å². The van der Waals surface area contributed by atoms with Crippen molar-refractivity contribution in [2.45, 2.75) is 10.1 Å². The average Bonchev–Trinajstić information content (AvgIpc) is 3.34. The second-order valence-corrected chi connectivity index (χ2v) is 11.1. The third-order valence-corrected chi connectivity index (χ3v) is 8.52. The Morgan fingerprint density at radius 2 is 1.76 bits per heavy atom. The number of aromatic nitrogens is 1. The molecule has 1 N–H and O–H groups in total. The van der Waals surface area contributed by atoms with Gasteiger partial charge >= 0.3 is 0 Å². The van der Waals surface area contributed by atoms with E-state index in [1.54, 1.807) is 47.4 Å². The van der Waals surface area contributed by atoms with Crippen molar-refractivity contribution < 1.29 is 9.59 Å². The fourth-order valence-electron chi connectivity index (χ4n) is 4.18. The van der Waals surface area contributed by atoms with E-state index in [9.17, 15) is 14.9 Å². The van der Waals surface area contributed by atoms with E-state index in [1.165, 1.54) is 0 Å². The van der Waals surface area contributed by atoms with Gasteiger partial charge in [-0.05, 0) is 49.0 Å². The third kappa shape index (κ3) is 5.67. The number of nitriles is 1. The number of thioether (sulfide) groups is 1. The SMILES string of the molecule is CN1CCN(C(=O)c2ccccc2C(=O)Nc2ccc3nc(SCc4ccccc4C#N)sc3c2)CC1. The summed E-state index contributed by atoms with van der Waals surface area (Å²) < 4.78 is 1.85. The first-order valence-corrected chi connectivity index (χ1v) is 13.7. The largest absolute Gasteiger partial charge is 0.336 e. The highest BCUT2D eigenvalue weighted by molar-refractivity contribution is 8.00. The predicted octanol–water partition coefficient (Wildman–Crippen LogP) is 5.10. The Morgan fingerprint density at radius 1 is 1.03 bits per heavy atom. The number of hydrogen-bond acceptors (Lipinski definition) is 7. The zero-order valence-corrected chi connectivity index (χ0v) is 21.9. The van der Waals surface area contributed by atoms with Gasteiger partial charge in [0.15, 0.2) is 4.34 Å². The van der Waals surface area contributed by atoms with Crippen molar-refractivity contribution >= 4 is 50.8 Å². The molecule has 2 amide bonds. The molecule has 0 saturated carbocycles. The zero-order chi connectivity index (χ0) is 25.8. The second kappa shape index (κ2) is 11.1. The number of hydrogen-bond donors (Lipinski definition) is 1. The van der Waals surface area contributed by atoms with E-state index in [4.69, 9.17) is 0 Å². The lowest BCUT2D eigenvalue weighted by atomic mass is 10.0. The van der Waals surface area contributed by atoms with Crippen LogP contribution in [0.4, 0.5) is 5.69 Å². The van der Waals surface area contributed by atoms with Crippen LogP contribution >= 0.6 is 23.1 Å². The molecule has 0 atom stereocenters. The first-order chi connectivity index (χ1) is 18.0. The normalized spacial score (nSPS) is 13.9. The number of benzene rings is 3. The average molecular weight is 528 g/mol. The second-order valence-electron chi connectivity index (χ2n) is 8.82. The fraction of sp³-hybridized carbons (Fsp3) is 0.214. The molecule has 4 aromatic rings. The zero-order valence-electron chi connectivity index (χ0n) is 20.3. The van der Waals surface area contributed by atoms with Crippen LogP contribution < -0.4 is 5.32 Å². The summed E-state index contributed by atoms with van der Waals surface area (Å²) in [4.78, 5) is 35.1. The van der Waals surface area contributed by atoms with Crippen LogP contribution in [-0.4, -0.2) is 59.8 Å². The van der Waals surface area contributed by atoms with Crippen molar-refractivity contribution in [3.8, 4) is 6.07 Å². The fourth-order valence-corrected chi connectivity index (χ4v) is 6.30. The van der Waals surface area contributed by atoms with E-state index in [1.807, 2.05) is 54.4 Å². The lowest BCUT2D eigenvalue weighted by molar-refractivity contribution is 0.0660. The van der Waals surface area contributed by atoms with E-state index in [2.05, 4.69) is 21.3 Å². The Balaban J connectivity index is 1.29. The number of nitrogens with zero attached hydrogens (tertiary/aromatic N) is 4. The molecule has 3 aromatic carbocycles. The highest BCUT2D eigenvalue weighted by Gasteiger charge is 2.24. The molecule has 1 fully saturated rings. The summed E-state index contributed by atoms with van der Waals surface area (Å²) in [5, 5.41) is 12.3. The summed E-state index contributed by atoms with van der Waals surface area (Å²) in [5.41, 5.74) is 3.93. The minimum absolute atomic E-state index is 0.114. The van der Waals surface area contributed by atoms with Gasteiger partial charge in [-0.1, -0.05) is 42.1 Å². The molecule has 1 saturated heterocycles. The summed E-state index contributed by atoms with van der Waals surface area (Å²) in [6, 6.07) is 22.4. The van der Waals surface area contributed by atoms with Crippen LogP contribution in [0.2, 0.25) is 0 Å². The highest BCUT2D eigenvalue weighted by atomic mass is 32.2. The smallest absolute Gasteiger partial charge is 0.256 e. The van der Waals surface area contributed by atoms with Crippen LogP contribution in [0.5, 0.6) is 0 Å². The van der Waals surface area contributed by atoms with Crippen molar-refractivity contribution in [2.24, 2.45) is 0 Å². The number of carbonyl (C=O) groups is 2. The Morgan fingerprint density at radius 3 is 2.54 bits per heavy atom. The van der Waals surface area contributed by atoms with E-state index in [-0.39, 0.29) is 11.8 Å². The summed E-state index contributed by atoms with van der Waals surface area (Å²) in [5.74, 6) is 0.228. The van der Waals surface area contributed by atoms with Gasteiger partial charge in [0.05, 0.1) is 33.0 Å². The van der Waals surface area contributed by atoms with Gasteiger partial charge in [0, 0.05) is 37.6 Å². The van der Waals surface area contributed by atoms with Crippen LogP contribution in [0.1, 0.15) is 31.8 Å². The molecule has 1 aromatic heterocycles. The van der Waals surface area contributed by atoms with E-state index >= 15 is 0 Å². The Hall–Kier alpha value is -3.71. The molecular weight excluding hydrogens is 502 g/mol. The van der Waals surface area contributed by atoms with E-state index in [0.717, 1.165) is 33.2 Å². The van der Waals surface area contributed by atoms with Gasteiger partial charge in [0.2, 0.25) is 0 Å².